The van der Waals surface area contributed by atoms with Gasteiger partial charge in [-0.1, -0.05) is 60.7 Å². The number of nitrogens with zero attached hydrogens (tertiary/aromatic N) is 1. The lowest BCUT2D eigenvalue weighted by atomic mass is 9.89. The summed E-state index contributed by atoms with van der Waals surface area (Å²) in [5.41, 5.74) is 2.23. The van der Waals surface area contributed by atoms with E-state index >= 15 is 0 Å². The molecule has 0 unspecified atom stereocenters. The van der Waals surface area contributed by atoms with Gasteiger partial charge in [-0.05, 0) is 37.4 Å². The molecule has 3 rings (SSSR count). The topological polar surface area (TPSA) is 20.3 Å². The van der Waals surface area contributed by atoms with Crippen molar-refractivity contribution in [3.8, 4) is 0 Å². The van der Waals surface area contributed by atoms with Gasteiger partial charge in [-0.15, -0.1) is 0 Å². The molecular formula is C20H23NO. The standard InChI is InChI=1S/C20H23NO/c22-20(19-9-5-2-6-10-19)15-17-11-13-21(14-12-17)16-18-7-3-1-4-8-18/h1-10,17H,11-16H2. The fourth-order valence-corrected chi connectivity index (χ4v) is 3.19. The molecule has 114 valence electrons. The van der Waals surface area contributed by atoms with E-state index in [1.165, 1.54) is 5.56 Å². The molecule has 1 saturated heterocycles. The van der Waals surface area contributed by atoms with Crippen molar-refractivity contribution in [2.75, 3.05) is 13.1 Å². The fourth-order valence-electron chi connectivity index (χ4n) is 3.19. The van der Waals surface area contributed by atoms with Crippen LogP contribution in [0.15, 0.2) is 60.7 Å². The summed E-state index contributed by atoms with van der Waals surface area (Å²) in [5, 5.41) is 0. The first-order valence-corrected chi connectivity index (χ1v) is 8.16. The van der Waals surface area contributed by atoms with Crippen molar-refractivity contribution < 1.29 is 4.79 Å². The van der Waals surface area contributed by atoms with Crippen molar-refractivity contribution in [1.29, 1.82) is 0 Å². The minimum Gasteiger partial charge on any atom is -0.299 e. The van der Waals surface area contributed by atoms with Crippen LogP contribution in [0.25, 0.3) is 0 Å². The summed E-state index contributed by atoms with van der Waals surface area (Å²) < 4.78 is 0. The Kier molecular flexibility index (Phi) is 5.02. The number of Topliss-reactive ketones (excluding diaryl/α,β-unsaturated/α-hetero) is 1. The highest BCUT2D eigenvalue weighted by atomic mass is 16.1. The van der Waals surface area contributed by atoms with Crippen LogP contribution >= 0.6 is 0 Å². The van der Waals surface area contributed by atoms with Gasteiger partial charge in [0.25, 0.3) is 0 Å². The highest BCUT2D eigenvalue weighted by Gasteiger charge is 2.21. The van der Waals surface area contributed by atoms with Gasteiger partial charge in [0, 0.05) is 18.5 Å². The van der Waals surface area contributed by atoms with E-state index in [2.05, 4.69) is 35.2 Å². The van der Waals surface area contributed by atoms with Crippen molar-refractivity contribution in [1.82, 2.24) is 4.90 Å². The third kappa shape index (κ3) is 4.05. The Morgan fingerprint density at radius 2 is 1.50 bits per heavy atom. The Bertz CT molecular complexity index is 586. The third-order valence-corrected chi connectivity index (χ3v) is 4.53. The first kappa shape index (κ1) is 15.0. The minimum atomic E-state index is 0.294. The van der Waals surface area contributed by atoms with Gasteiger partial charge in [0.05, 0.1) is 0 Å². The Morgan fingerprint density at radius 1 is 0.909 bits per heavy atom. The van der Waals surface area contributed by atoms with Gasteiger partial charge >= 0.3 is 0 Å². The second kappa shape index (κ2) is 7.37. The molecule has 1 aliphatic rings. The van der Waals surface area contributed by atoms with Crippen LogP contribution in [-0.4, -0.2) is 23.8 Å². The molecule has 1 heterocycles. The number of likely N-dealkylation sites (tertiary alicyclic amines) is 1. The average Bonchev–Trinajstić information content (AvgIpc) is 2.58. The second-order valence-corrected chi connectivity index (χ2v) is 6.20. The SMILES string of the molecule is O=C(CC1CCN(Cc2ccccc2)CC1)c1ccccc1. The highest BCUT2D eigenvalue weighted by Crippen LogP contribution is 2.23. The maximum absolute atomic E-state index is 12.3. The average molecular weight is 293 g/mol. The zero-order valence-electron chi connectivity index (χ0n) is 12.9. The number of hydrogen-bond acceptors (Lipinski definition) is 2. The van der Waals surface area contributed by atoms with Crippen molar-refractivity contribution in [2.45, 2.75) is 25.8 Å². The summed E-state index contributed by atoms with van der Waals surface area (Å²) in [4.78, 5) is 14.8. The van der Waals surface area contributed by atoms with Crippen molar-refractivity contribution in [3.05, 3.63) is 71.8 Å². The lowest BCUT2D eigenvalue weighted by molar-refractivity contribution is 0.0925. The van der Waals surface area contributed by atoms with Crippen molar-refractivity contribution in [3.63, 3.8) is 0 Å². The lowest BCUT2D eigenvalue weighted by Crippen LogP contribution is -2.33. The Balaban J connectivity index is 1.47. The molecule has 0 saturated carbocycles. The molecule has 2 heteroatoms. The summed E-state index contributed by atoms with van der Waals surface area (Å²) in [7, 11) is 0. The molecule has 1 fully saturated rings. The molecule has 2 aromatic rings. The molecule has 0 spiro atoms. The van der Waals surface area contributed by atoms with Gasteiger partial charge < -0.3 is 0 Å². The summed E-state index contributed by atoms with van der Waals surface area (Å²) >= 11 is 0. The van der Waals surface area contributed by atoms with Gasteiger partial charge in [0.1, 0.15) is 0 Å². The first-order valence-electron chi connectivity index (χ1n) is 8.16. The Morgan fingerprint density at radius 3 is 2.14 bits per heavy atom. The predicted molar refractivity (Wildman–Crippen MR) is 89.8 cm³/mol. The predicted octanol–water partition coefficient (Wildman–Crippen LogP) is 4.17. The third-order valence-electron chi connectivity index (χ3n) is 4.53. The van der Waals surface area contributed by atoms with E-state index in [1.807, 2.05) is 30.3 Å². The molecule has 0 amide bonds. The number of piperidine rings is 1. The summed E-state index contributed by atoms with van der Waals surface area (Å²) in [5.74, 6) is 0.835. The molecular weight excluding hydrogens is 270 g/mol. The number of hydrogen-bond donors (Lipinski definition) is 0. The molecule has 0 N–H and O–H groups in total. The largest absolute Gasteiger partial charge is 0.299 e. The van der Waals surface area contributed by atoms with E-state index in [-0.39, 0.29) is 0 Å². The smallest absolute Gasteiger partial charge is 0.163 e. The number of benzene rings is 2. The maximum Gasteiger partial charge on any atom is 0.163 e. The van der Waals surface area contributed by atoms with E-state index in [9.17, 15) is 4.79 Å². The molecule has 0 atom stereocenters. The van der Waals surface area contributed by atoms with Crippen LogP contribution in [0.1, 0.15) is 35.2 Å². The molecule has 0 aromatic heterocycles. The van der Waals surface area contributed by atoms with Crippen LogP contribution in [0.2, 0.25) is 0 Å². The zero-order valence-corrected chi connectivity index (χ0v) is 12.9. The van der Waals surface area contributed by atoms with E-state index in [0.29, 0.717) is 18.1 Å². The van der Waals surface area contributed by atoms with Crippen LogP contribution in [0.4, 0.5) is 0 Å². The summed E-state index contributed by atoms with van der Waals surface area (Å²) in [6.45, 7) is 3.23. The molecule has 2 nitrogen and oxygen atoms in total. The monoisotopic (exact) mass is 293 g/mol. The van der Waals surface area contributed by atoms with E-state index in [1.54, 1.807) is 0 Å². The maximum atomic E-state index is 12.3. The quantitative estimate of drug-likeness (QED) is 0.771. The lowest BCUT2D eigenvalue weighted by Gasteiger charge is -2.31. The summed E-state index contributed by atoms with van der Waals surface area (Å²) in [6.07, 6.45) is 2.96. The molecule has 0 bridgehead atoms. The summed E-state index contributed by atoms with van der Waals surface area (Å²) in [6, 6.07) is 20.3. The number of ketones is 1. The van der Waals surface area contributed by atoms with E-state index in [4.69, 9.17) is 0 Å². The normalized spacial score (nSPS) is 16.5. The van der Waals surface area contributed by atoms with Crippen LogP contribution in [0, 0.1) is 5.92 Å². The fraction of sp³-hybridized carbons (Fsp3) is 0.350. The van der Waals surface area contributed by atoms with Crippen LogP contribution in [0.5, 0.6) is 0 Å². The van der Waals surface area contributed by atoms with Crippen LogP contribution in [0.3, 0.4) is 0 Å². The molecule has 1 aliphatic heterocycles. The van der Waals surface area contributed by atoms with Crippen LogP contribution in [-0.2, 0) is 6.54 Å². The number of rotatable bonds is 5. The van der Waals surface area contributed by atoms with E-state index in [0.717, 1.165) is 38.0 Å². The molecule has 22 heavy (non-hydrogen) atoms. The number of carbonyl (C=O) groups is 1. The zero-order chi connectivity index (χ0) is 15.2. The van der Waals surface area contributed by atoms with Crippen LogP contribution < -0.4 is 0 Å². The van der Waals surface area contributed by atoms with Crippen molar-refractivity contribution in [2.24, 2.45) is 5.92 Å². The Labute approximate surface area is 132 Å². The van der Waals surface area contributed by atoms with E-state index < -0.39 is 0 Å². The van der Waals surface area contributed by atoms with Gasteiger partial charge in [-0.3, -0.25) is 9.69 Å². The second-order valence-electron chi connectivity index (χ2n) is 6.20. The van der Waals surface area contributed by atoms with Gasteiger partial charge in [-0.25, -0.2) is 0 Å². The molecule has 2 aromatic carbocycles. The number of carbonyl (C=O) groups excluding carboxylic acids is 1. The van der Waals surface area contributed by atoms with Gasteiger partial charge in [-0.2, -0.15) is 0 Å². The van der Waals surface area contributed by atoms with Gasteiger partial charge in [0.2, 0.25) is 0 Å². The van der Waals surface area contributed by atoms with Gasteiger partial charge in [0.15, 0.2) is 5.78 Å². The molecule has 0 radical (unpaired) electrons. The highest BCUT2D eigenvalue weighted by molar-refractivity contribution is 5.96. The Hall–Kier alpha value is -1.93. The van der Waals surface area contributed by atoms with Crippen molar-refractivity contribution >= 4 is 5.78 Å². The molecule has 0 aliphatic carbocycles. The first-order chi connectivity index (χ1) is 10.8. The minimum absolute atomic E-state index is 0.294.